The number of aromatic nitrogens is 2. The predicted octanol–water partition coefficient (Wildman–Crippen LogP) is 2.63. The Kier molecular flexibility index (Phi) is 4.95. The summed E-state index contributed by atoms with van der Waals surface area (Å²) in [6.07, 6.45) is 0. The molecule has 0 saturated carbocycles. The minimum atomic E-state index is -0.627. The zero-order valence-corrected chi connectivity index (χ0v) is 17.1. The van der Waals surface area contributed by atoms with Crippen LogP contribution < -0.4 is 5.59 Å². The summed E-state index contributed by atoms with van der Waals surface area (Å²) in [5.41, 5.74) is 3.44. The number of nitrogens with zero attached hydrogens (tertiary/aromatic N) is 2. The number of rotatable bonds is 4. The Labute approximate surface area is 160 Å². The monoisotopic (exact) mass is 370 g/mol. The molecule has 1 aliphatic heterocycles. The molecule has 1 saturated heterocycles. The van der Waals surface area contributed by atoms with Gasteiger partial charge in [0.15, 0.2) is 0 Å². The van der Waals surface area contributed by atoms with Crippen LogP contribution in [0, 0.1) is 13.8 Å². The highest BCUT2D eigenvalue weighted by Crippen LogP contribution is 2.36. The molecule has 6 nitrogen and oxygen atoms in total. The van der Waals surface area contributed by atoms with E-state index in [4.69, 9.17) is 14.0 Å². The summed E-state index contributed by atoms with van der Waals surface area (Å²) < 4.78 is 18.8. The first kappa shape index (κ1) is 19.6. The normalized spacial score (nSPS) is 18.0. The molecule has 1 aliphatic rings. The molecule has 0 aliphatic carbocycles. The van der Waals surface area contributed by atoms with Crippen LogP contribution in [0.25, 0.3) is 0 Å². The SMILES string of the molecule is COC(=O)c1cc(B2OC(C)(C)C(C)(C)O2)nn1Cc1c(C)cccc1C. The van der Waals surface area contributed by atoms with Crippen molar-refractivity contribution >= 4 is 18.7 Å². The number of carbonyl (C=O) groups excluding carboxylic acids is 1. The molecule has 1 aromatic carbocycles. The zero-order chi connectivity index (χ0) is 20.0. The maximum Gasteiger partial charge on any atom is 0.516 e. The van der Waals surface area contributed by atoms with Crippen molar-refractivity contribution in [3.63, 3.8) is 0 Å². The first-order chi connectivity index (χ1) is 12.6. The van der Waals surface area contributed by atoms with Gasteiger partial charge in [-0.1, -0.05) is 18.2 Å². The van der Waals surface area contributed by atoms with Crippen LogP contribution in [0.1, 0.15) is 54.9 Å². The Bertz CT molecular complexity index is 837. The highest BCUT2D eigenvalue weighted by Gasteiger charge is 2.53. The van der Waals surface area contributed by atoms with Gasteiger partial charge in [-0.3, -0.25) is 4.68 Å². The minimum absolute atomic E-state index is 0.380. The van der Waals surface area contributed by atoms with Crippen molar-refractivity contribution in [1.82, 2.24) is 9.78 Å². The van der Waals surface area contributed by atoms with Gasteiger partial charge in [0.2, 0.25) is 0 Å². The van der Waals surface area contributed by atoms with E-state index in [1.165, 1.54) is 7.11 Å². The van der Waals surface area contributed by atoms with E-state index in [1.54, 1.807) is 10.7 Å². The third-order valence-corrected chi connectivity index (χ3v) is 5.64. The Hall–Kier alpha value is -2.12. The van der Waals surface area contributed by atoms with E-state index in [0.717, 1.165) is 16.7 Å². The number of methoxy groups -OCH3 is 1. The van der Waals surface area contributed by atoms with Gasteiger partial charge < -0.3 is 14.0 Å². The quantitative estimate of drug-likeness (QED) is 0.612. The van der Waals surface area contributed by atoms with Gasteiger partial charge in [0, 0.05) is 0 Å². The number of ether oxygens (including phenoxy) is 1. The number of hydrogen-bond acceptors (Lipinski definition) is 5. The first-order valence-electron chi connectivity index (χ1n) is 9.12. The molecule has 0 bridgehead atoms. The van der Waals surface area contributed by atoms with E-state index >= 15 is 0 Å². The fourth-order valence-corrected chi connectivity index (χ4v) is 3.15. The van der Waals surface area contributed by atoms with Crippen LogP contribution in [0.4, 0.5) is 0 Å². The summed E-state index contributed by atoms with van der Waals surface area (Å²) >= 11 is 0. The van der Waals surface area contributed by atoms with E-state index in [2.05, 4.69) is 31.1 Å². The molecule has 1 fully saturated rings. The topological polar surface area (TPSA) is 62.6 Å². The number of carbonyl (C=O) groups is 1. The average molecular weight is 370 g/mol. The van der Waals surface area contributed by atoms with Crippen molar-refractivity contribution < 1.29 is 18.8 Å². The summed E-state index contributed by atoms with van der Waals surface area (Å²) in [5, 5.41) is 4.64. The predicted molar refractivity (Wildman–Crippen MR) is 104 cm³/mol. The van der Waals surface area contributed by atoms with Crippen molar-refractivity contribution in [2.75, 3.05) is 7.11 Å². The minimum Gasteiger partial charge on any atom is -0.464 e. The van der Waals surface area contributed by atoms with Crippen molar-refractivity contribution in [2.45, 2.75) is 59.3 Å². The largest absolute Gasteiger partial charge is 0.516 e. The lowest BCUT2D eigenvalue weighted by molar-refractivity contribution is 0.00578. The van der Waals surface area contributed by atoms with Crippen LogP contribution in [0.3, 0.4) is 0 Å². The van der Waals surface area contributed by atoms with Gasteiger partial charge >= 0.3 is 13.1 Å². The van der Waals surface area contributed by atoms with Crippen molar-refractivity contribution in [3.05, 3.63) is 46.6 Å². The summed E-state index contributed by atoms with van der Waals surface area (Å²) in [5.74, 6) is -0.434. The van der Waals surface area contributed by atoms with Crippen LogP contribution in [0.5, 0.6) is 0 Å². The Morgan fingerprint density at radius 2 is 1.70 bits per heavy atom. The van der Waals surface area contributed by atoms with E-state index < -0.39 is 24.3 Å². The highest BCUT2D eigenvalue weighted by molar-refractivity contribution is 6.61. The third kappa shape index (κ3) is 3.54. The standard InChI is InChI=1S/C20H27BN2O4/c1-13-9-8-10-14(2)15(13)12-23-16(18(24)25-7)11-17(22-23)21-26-19(3,4)20(5,6)27-21/h8-11H,12H2,1-7H3. The molecular weight excluding hydrogens is 343 g/mol. The number of aryl methyl sites for hydroxylation is 2. The Balaban J connectivity index is 1.99. The molecule has 2 heterocycles. The number of benzene rings is 1. The van der Waals surface area contributed by atoms with Gasteiger partial charge in [0.25, 0.3) is 0 Å². The van der Waals surface area contributed by atoms with E-state index in [0.29, 0.717) is 17.8 Å². The molecule has 7 heteroatoms. The van der Waals surface area contributed by atoms with Crippen molar-refractivity contribution in [3.8, 4) is 0 Å². The van der Waals surface area contributed by atoms with Gasteiger partial charge in [-0.15, -0.1) is 0 Å². The summed E-state index contributed by atoms with van der Waals surface area (Å²) in [6, 6.07) is 7.83. The van der Waals surface area contributed by atoms with Crippen LogP contribution >= 0.6 is 0 Å². The van der Waals surface area contributed by atoms with Gasteiger partial charge in [0.05, 0.1) is 30.4 Å². The number of esters is 1. The van der Waals surface area contributed by atoms with E-state index in [9.17, 15) is 4.79 Å². The maximum absolute atomic E-state index is 12.3. The molecule has 0 amide bonds. The molecule has 144 valence electrons. The summed E-state index contributed by atoms with van der Waals surface area (Å²) in [4.78, 5) is 12.3. The number of hydrogen-bond donors (Lipinski definition) is 0. The molecule has 2 aromatic rings. The second kappa shape index (κ2) is 6.80. The second-order valence-electron chi connectivity index (χ2n) is 8.06. The van der Waals surface area contributed by atoms with Crippen LogP contribution in [0.15, 0.2) is 24.3 Å². The Morgan fingerprint density at radius 3 is 2.22 bits per heavy atom. The van der Waals surface area contributed by atoms with Gasteiger partial charge in [0.1, 0.15) is 5.69 Å². The first-order valence-corrected chi connectivity index (χ1v) is 9.12. The zero-order valence-electron chi connectivity index (χ0n) is 17.1. The second-order valence-corrected chi connectivity index (χ2v) is 8.06. The van der Waals surface area contributed by atoms with E-state index in [-0.39, 0.29) is 0 Å². The summed E-state index contributed by atoms with van der Waals surface area (Å²) in [6.45, 7) is 12.5. The fraction of sp³-hybridized carbons (Fsp3) is 0.500. The molecule has 0 unspecified atom stereocenters. The lowest BCUT2D eigenvalue weighted by Crippen LogP contribution is -2.41. The molecule has 27 heavy (non-hydrogen) atoms. The van der Waals surface area contributed by atoms with Crippen molar-refractivity contribution in [1.29, 1.82) is 0 Å². The van der Waals surface area contributed by atoms with Crippen LogP contribution in [0.2, 0.25) is 0 Å². The van der Waals surface area contributed by atoms with Gasteiger partial charge in [-0.2, -0.15) is 5.10 Å². The molecule has 1 aromatic heterocycles. The molecule has 0 spiro atoms. The van der Waals surface area contributed by atoms with E-state index in [1.807, 2.05) is 33.8 Å². The van der Waals surface area contributed by atoms with Gasteiger partial charge in [-0.25, -0.2) is 4.79 Å². The van der Waals surface area contributed by atoms with Crippen LogP contribution in [-0.4, -0.2) is 41.2 Å². The highest BCUT2D eigenvalue weighted by atomic mass is 16.7. The summed E-state index contributed by atoms with van der Waals surface area (Å²) in [7, 11) is 0.741. The third-order valence-electron chi connectivity index (χ3n) is 5.64. The fourth-order valence-electron chi connectivity index (χ4n) is 3.15. The van der Waals surface area contributed by atoms with Crippen molar-refractivity contribution in [2.24, 2.45) is 0 Å². The lowest BCUT2D eigenvalue weighted by atomic mass is 9.85. The van der Waals surface area contributed by atoms with Crippen LogP contribution in [-0.2, 0) is 20.6 Å². The molecular formula is C20H27BN2O4. The maximum atomic E-state index is 12.3. The lowest BCUT2D eigenvalue weighted by Gasteiger charge is -2.32. The smallest absolute Gasteiger partial charge is 0.464 e. The van der Waals surface area contributed by atoms with Gasteiger partial charge in [-0.05, 0) is 64.3 Å². The average Bonchev–Trinajstić information content (AvgIpc) is 3.09. The Morgan fingerprint density at radius 1 is 1.15 bits per heavy atom. The molecule has 3 rings (SSSR count). The molecule has 0 radical (unpaired) electrons. The molecule has 0 atom stereocenters. The molecule has 0 N–H and O–H groups in total.